The van der Waals surface area contributed by atoms with E-state index in [4.69, 9.17) is 0 Å². The molecule has 0 unspecified atom stereocenters. The molecule has 0 saturated heterocycles. The molecule has 2 heteroatoms. The van der Waals surface area contributed by atoms with E-state index in [2.05, 4.69) is 13.8 Å². The zero-order chi connectivity index (χ0) is 15.3. The molecule has 2 N–H and O–H groups in total. The third-order valence-corrected chi connectivity index (χ3v) is 6.45. The molecule has 2 saturated carbocycles. The fourth-order valence-corrected chi connectivity index (χ4v) is 5.51. The van der Waals surface area contributed by atoms with Crippen molar-refractivity contribution in [2.24, 2.45) is 17.3 Å². The van der Waals surface area contributed by atoms with Crippen molar-refractivity contribution in [2.45, 2.75) is 103 Å². The van der Waals surface area contributed by atoms with Gasteiger partial charge in [0.15, 0.2) is 0 Å². The SMILES string of the molecule is CCCC(CCC)(C1CCC(O)CC1)C1CCC(O)CC1. The molecule has 0 aliphatic heterocycles. The Kier molecular flexibility index (Phi) is 6.55. The molecule has 124 valence electrons. The van der Waals surface area contributed by atoms with Crippen molar-refractivity contribution in [1.29, 1.82) is 0 Å². The molecule has 21 heavy (non-hydrogen) atoms. The van der Waals surface area contributed by atoms with Crippen molar-refractivity contribution < 1.29 is 10.2 Å². The van der Waals surface area contributed by atoms with Crippen LogP contribution in [-0.2, 0) is 0 Å². The number of hydrogen-bond donors (Lipinski definition) is 2. The van der Waals surface area contributed by atoms with Crippen molar-refractivity contribution in [3.63, 3.8) is 0 Å². The second-order valence-corrected chi connectivity index (χ2v) is 7.74. The van der Waals surface area contributed by atoms with E-state index in [1.54, 1.807) is 0 Å². The number of aliphatic hydroxyl groups is 2. The van der Waals surface area contributed by atoms with Gasteiger partial charge in [0.05, 0.1) is 12.2 Å². The van der Waals surface area contributed by atoms with Gasteiger partial charge in [0.1, 0.15) is 0 Å². The summed E-state index contributed by atoms with van der Waals surface area (Å²) in [7, 11) is 0. The highest BCUT2D eigenvalue weighted by Crippen LogP contribution is 2.54. The van der Waals surface area contributed by atoms with Gasteiger partial charge < -0.3 is 10.2 Å². The lowest BCUT2D eigenvalue weighted by atomic mass is 9.55. The van der Waals surface area contributed by atoms with Crippen LogP contribution in [0.2, 0.25) is 0 Å². The van der Waals surface area contributed by atoms with Gasteiger partial charge in [-0.15, -0.1) is 0 Å². The van der Waals surface area contributed by atoms with Crippen molar-refractivity contribution in [1.82, 2.24) is 0 Å². The van der Waals surface area contributed by atoms with E-state index >= 15 is 0 Å². The molecule has 2 rings (SSSR count). The monoisotopic (exact) mass is 296 g/mol. The van der Waals surface area contributed by atoms with Gasteiger partial charge in [-0.2, -0.15) is 0 Å². The fourth-order valence-electron chi connectivity index (χ4n) is 5.51. The molecule has 0 radical (unpaired) electrons. The van der Waals surface area contributed by atoms with Crippen molar-refractivity contribution in [3.8, 4) is 0 Å². The predicted octanol–water partition coefficient (Wildman–Crippen LogP) is 4.68. The first-order valence-corrected chi connectivity index (χ1v) is 9.48. The molecule has 2 nitrogen and oxygen atoms in total. The number of aliphatic hydroxyl groups excluding tert-OH is 2. The average Bonchev–Trinajstić information content (AvgIpc) is 2.48. The first-order chi connectivity index (χ1) is 10.1. The van der Waals surface area contributed by atoms with Gasteiger partial charge in [-0.05, 0) is 81.5 Å². The Morgan fingerprint density at radius 1 is 0.667 bits per heavy atom. The fraction of sp³-hybridized carbons (Fsp3) is 1.00. The molecule has 0 aromatic rings. The highest BCUT2D eigenvalue weighted by Gasteiger charge is 2.45. The van der Waals surface area contributed by atoms with Crippen LogP contribution >= 0.6 is 0 Å². The molecular weight excluding hydrogens is 260 g/mol. The maximum Gasteiger partial charge on any atom is 0.0540 e. The van der Waals surface area contributed by atoms with E-state index < -0.39 is 0 Å². The van der Waals surface area contributed by atoms with Gasteiger partial charge in [-0.3, -0.25) is 0 Å². The summed E-state index contributed by atoms with van der Waals surface area (Å²) in [5.74, 6) is 1.61. The van der Waals surface area contributed by atoms with Crippen molar-refractivity contribution in [3.05, 3.63) is 0 Å². The smallest absolute Gasteiger partial charge is 0.0540 e. The third-order valence-electron chi connectivity index (χ3n) is 6.45. The van der Waals surface area contributed by atoms with Crippen molar-refractivity contribution in [2.75, 3.05) is 0 Å². The third kappa shape index (κ3) is 4.01. The quantitative estimate of drug-likeness (QED) is 0.747. The van der Waals surface area contributed by atoms with Gasteiger partial charge >= 0.3 is 0 Å². The minimum atomic E-state index is -0.0459. The minimum Gasteiger partial charge on any atom is -0.393 e. The Labute approximate surface area is 131 Å². The average molecular weight is 296 g/mol. The summed E-state index contributed by atoms with van der Waals surface area (Å²) in [5.41, 5.74) is 0.490. The van der Waals surface area contributed by atoms with Crippen LogP contribution in [0.1, 0.15) is 90.9 Å². The van der Waals surface area contributed by atoms with Crippen LogP contribution in [0.4, 0.5) is 0 Å². The molecule has 0 aromatic carbocycles. The second kappa shape index (κ2) is 7.97. The van der Waals surface area contributed by atoms with E-state index in [1.165, 1.54) is 51.4 Å². The summed E-state index contributed by atoms with van der Waals surface area (Å²) in [6.45, 7) is 4.67. The molecule has 0 heterocycles. The highest BCUT2D eigenvalue weighted by molar-refractivity contribution is 4.95. The van der Waals surface area contributed by atoms with Crippen LogP contribution in [-0.4, -0.2) is 22.4 Å². The normalized spacial score (nSPS) is 34.9. The van der Waals surface area contributed by atoms with E-state index in [-0.39, 0.29) is 12.2 Å². The summed E-state index contributed by atoms with van der Waals surface area (Å²) in [6, 6.07) is 0. The van der Waals surface area contributed by atoms with Gasteiger partial charge in [0.2, 0.25) is 0 Å². The summed E-state index contributed by atoms with van der Waals surface area (Å²) in [6.07, 6.45) is 14.1. The van der Waals surface area contributed by atoms with Gasteiger partial charge in [0.25, 0.3) is 0 Å². The summed E-state index contributed by atoms with van der Waals surface area (Å²) in [4.78, 5) is 0. The molecule has 0 bridgehead atoms. The molecule has 0 aromatic heterocycles. The molecule has 2 aliphatic rings. The maximum absolute atomic E-state index is 9.86. The van der Waals surface area contributed by atoms with Gasteiger partial charge in [0, 0.05) is 0 Å². The maximum atomic E-state index is 9.86. The molecular formula is C19H36O2. The lowest BCUT2D eigenvalue weighted by Crippen LogP contribution is -2.42. The lowest BCUT2D eigenvalue weighted by molar-refractivity contribution is -0.0330. The highest BCUT2D eigenvalue weighted by atomic mass is 16.3. The van der Waals surface area contributed by atoms with Crippen LogP contribution in [0, 0.1) is 17.3 Å². The Balaban J connectivity index is 2.15. The van der Waals surface area contributed by atoms with E-state index in [0.29, 0.717) is 5.41 Å². The standard InChI is InChI=1S/C19H36O2/c1-3-13-19(14-4-2,15-5-9-17(20)10-6-15)16-7-11-18(21)12-8-16/h15-18,20-21H,3-14H2,1-2H3. The molecule has 0 amide bonds. The second-order valence-electron chi connectivity index (χ2n) is 7.74. The first-order valence-electron chi connectivity index (χ1n) is 9.48. The number of rotatable bonds is 6. The Morgan fingerprint density at radius 2 is 1.00 bits per heavy atom. The molecule has 0 atom stereocenters. The minimum absolute atomic E-state index is 0.0459. The molecule has 2 aliphatic carbocycles. The first kappa shape index (κ1) is 17.3. The lowest BCUT2D eigenvalue weighted by Gasteiger charge is -2.51. The zero-order valence-corrected chi connectivity index (χ0v) is 14.2. The zero-order valence-electron chi connectivity index (χ0n) is 14.2. The topological polar surface area (TPSA) is 40.5 Å². The summed E-state index contributed by atoms with van der Waals surface area (Å²) in [5, 5.41) is 19.7. The largest absolute Gasteiger partial charge is 0.393 e. The number of hydrogen-bond acceptors (Lipinski definition) is 2. The van der Waals surface area contributed by atoms with Crippen LogP contribution in [0.25, 0.3) is 0 Å². The Morgan fingerprint density at radius 3 is 1.29 bits per heavy atom. The molecule has 0 spiro atoms. The summed E-state index contributed by atoms with van der Waals surface area (Å²) < 4.78 is 0. The van der Waals surface area contributed by atoms with Crippen LogP contribution in [0.5, 0.6) is 0 Å². The van der Waals surface area contributed by atoms with Crippen LogP contribution in [0.3, 0.4) is 0 Å². The van der Waals surface area contributed by atoms with Crippen molar-refractivity contribution >= 4 is 0 Å². The predicted molar refractivity (Wildman–Crippen MR) is 88.2 cm³/mol. The van der Waals surface area contributed by atoms with E-state index in [0.717, 1.165) is 37.5 Å². The molecule has 2 fully saturated rings. The Bertz CT molecular complexity index is 256. The van der Waals surface area contributed by atoms with Crippen LogP contribution in [0.15, 0.2) is 0 Å². The Hall–Kier alpha value is -0.0800. The van der Waals surface area contributed by atoms with E-state index in [9.17, 15) is 10.2 Å². The van der Waals surface area contributed by atoms with Gasteiger partial charge in [-0.25, -0.2) is 0 Å². The van der Waals surface area contributed by atoms with Crippen LogP contribution < -0.4 is 0 Å². The summed E-state index contributed by atoms with van der Waals surface area (Å²) >= 11 is 0. The van der Waals surface area contributed by atoms with E-state index in [1.807, 2.05) is 0 Å². The van der Waals surface area contributed by atoms with Gasteiger partial charge in [-0.1, -0.05) is 26.7 Å².